The number of rotatable bonds is 6. The Morgan fingerprint density at radius 2 is 1.81 bits per heavy atom. The van der Waals surface area contributed by atoms with Crippen molar-refractivity contribution in [1.29, 1.82) is 0 Å². The van der Waals surface area contributed by atoms with Crippen molar-refractivity contribution in [3.05, 3.63) is 66.1 Å². The van der Waals surface area contributed by atoms with Crippen molar-refractivity contribution in [1.82, 2.24) is 15.1 Å². The molecule has 0 spiro atoms. The molecule has 0 saturated carbocycles. The highest BCUT2D eigenvalue weighted by atomic mass is 19.1. The summed E-state index contributed by atoms with van der Waals surface area (Å²) in [4.78, 5) is 26.9. The molecule has 1 amide bonds. The van der Waals surface area contributed by atoms with Crippen LogP contribution in [0.4, 0.5) is 4.39 Å². The maximum atomic E-state index is 14.0. The molecule has 0 aliphatic carbocycles. The van der Waals surface area contributed by atoms with Gasteiger partial charge in [-0.3, -0.25) is 9.89 Å². The Kier molecular flexibility index (Phi) is 6.07. The predicted molar refractivity (Wildman–Crippen MR) is 113 cm³/mol. The van der Waals surface area contributed by atoms with Gasteiger partial charge < -0.3 is 19.1 Å². The molecule has 0 radical (unpaired) electrons. The Hall–Kier alpha value is -3.88. The quantitative estimate of drug-likeness (QED) is 0.594. The topological polar surface area (TPSA) is 93.8 Å². The van der Waals surface area contributed by atoms with E-state index in [-0.39, 0.29) is 24.4 Å². The van der Waals surface area contributed by atoms with Gasteiger partial charge in [-0.2, -0.15) is 5.10 Å². The average Bonchev–Trinajstić information content (AvgIpc) is 3.47. The van der Waals surface area contributed by atoms with Crippen LogP contribution in [0, 0.1) is 5.82 Å². The van der Waals surface area contributed by atoms with E-state index >= 15 is 0 Å². The number of ether oxygens (including phenoxy) is 3. The predicted octanol–water partition coefficient (Wildman–Crippen LogP) is 3.06. The summed E-state index contributed by atoms with van der Waals surface area (Å²) in [6.07, 6.45) is -0.392. The van der Waals surface area contributed by atoms with Gasteiger partial charge in [-0.15, -0.1) is 0 Å². The zero-order valence-electron chi connectivity index (χ0n) is 17.6. The van der Waals surface area contributed by atoms with E-state index in [1.54, 1.807) is 31.4 Å². The number of halogens is 1. The lowest BCUT2D eigenvalue weighted by atomic mass is 10.1. The van der Waals surface area contributed by atoms with E-state index in [4.69, 9.17) is 14.2 Å². The molecule has 1 aromatic heterocycles. The summed E-state index contributed by atoms with van der Waals surface area (Å²) in [7, 11) is 2.81. The number of benzene rings is 2. The van der Waals surface area contributed by atoms with E-state index in [1.807, 2.05) is 18.2 Å². The summed E-state index contributed by atoms with van der Waals surface area (Å²) in [5, 5.41) is 6.96. The van der Waals surface area contributed by atoms with Crippen LogP contribution in [0.25, 0.3) is 11.3 Å². The van der Waals surface area contributed by atoms with E-state index in [0.29, 0.717) is 11.4 Å². The molecule has 1 N–H and O–H groups in total. The summed E-state index contributed by atoms with van der Waals surface area (Å²) in [6.45, 7) is 0.0932. The first-order chi connectivity index (χ1) is 15.5. The number of methoxy groups -OCH3 is 2. The SMILES string of the molecule is COC(=O)C1CC(Oc2ccccc2F)CN1C(=O)c1cc(-c2ccccc2OC)n[nH]1. The van der Waals surface area contributed by atoms with Gasteiger partial charge in [0.05, 0.1) is 26.5 Å². The minimum absolute atomic E-state index is 0.0652. The highest BCUT2D eigenvalue weighted by Crippen LogP contribution is 2.30. The van der Waals surface area contributed by atoms with Gasteiger partial charge in [0.25, 0.3) is 5.91 Å². The summed E-state index contributed by atoms with van der Waals surface area (Å²) >= 11 is 0. The standard InChI is InChI=1S/C23H22FN3O5/c1-30-20-9-5-3-7-15(20)17-12-18(26-25-17)22(28)27-13-14(11-19(27)23(29)31-2)32-21-10-6-4-8-16(21)24/h3-10,12,14,19H,11,13H2,1-2H3,(H,25,26). The molecule has 3 aromatic rings. The zero-order valence-corrected chi connectivity index (χ0v) is 17.6. The second kappa shape index (κ2) is 9.09. The van der Waals surface area contributed by atoms with E-state index in [2.05, 4.69) is 10.2 Å². The summed E-state index contributed by atoms with van der Waals surface area (Å²) in [5.74, 6) is -0.835. The first-order valence-electron chi connectivity index (χ1n) is 10.0. The Morgan fingerprint density at radius 1 is 1.09 bits per heavy atom. The molecular formula is C23H22FN3O5. The van der Waals surface area contributed by atoms with Gasteiger partial charge in [-0.1, -0.05) is 24.3 Å². The van der Waals surface area contributed by atoms with Crippen molar-refractivity contribution in [2.24, 2.45) is 0 Å². The number of esters is 1. The lowest BCUT2D eigenvalue weighted by molar-refractivity contribution is -0.145. The number of H-pyrrole nitrogens is 1. The molecule has 4 rings (SSSR count). The lowest BCUT2D eigenvalue weighted by Gasteiger charge is -2.21. The Labute approximate surface area is 183 Å². The summed E-state index contributed by atoms with van der Waals surface area (Å²) < 4.78 is 30.0. The lowest BCUT2D eigenvalue weighted by Crippen LogP contribution is -2.41. The van der Waals surface area contributed by atoms with Gasteiger partial charge in [0.1, 0.15) is 23.6 Å². The van der Waals surface area contributed by atoms with Crippen LogP contribution in [0.1, 0.15) is 16.9 Å². The molecule has 2 aromatic carbocycles. The first kappa shape index (κ1) is 21.4. The van der Waals surface area contributed by atoms with Crippen molar-refractivity contribution in [3.63, 3.8) is 0 Å². The van der Waals surface area contributed by atoms with E-state index in [9.17, 15) is 14.0 Å². The van der Waals surface area contributed by atoms with E-state index in [1.165, 1.54) is 24.1 Å². The normalized spacial score (nSPS) is 17.8. The summed E-state index contributed by atoms with van der Waals surface area (Å²) in [5.41, 5.74) is 1.45. The van der Waals surface area contributed by atoms with Crippen LogP contribution in [-0.4, -0.2) is 59.9 Å². The molecule has 2 atom stereocenters. The second-order valence-corrected chi connectivity index (χ2v) is 7.27. The fraction of sp³-hybridized carbons (Fsp3) is 0.261. The van der Waals surface area contributed by atoms with Gasteiger partial charge in [0.15, 0.2) is 11.6 Å². The van der Waals surface area contributed by atoms with Gasteiger partial charge in [0.2, 0.25) is 0 Å². The first-order valence-corrected chi connectivity index (χ1v) is 10.0. The van der Waals surface area contributed by atoms with Crippen LogP contribution >= 0.6 is 0 Å². The molecule has 1 aliphatic heterocycles. The van der Waals surface area contributed by atoms with Gasteiger partial charge in [-0.05, 0) is 30.3 Å². The number of aromatic amines is 1. The number of nitrogens with one attached hydrogen (secondary N) is 1. The zero-order chi connectivity index (χ0) is 22.7. The Morgan fingerprint density at radius 3 is 2.53 bits per heavy atom. The molecule has 8 nitrogen and oxygen atoms in total. The third-order valence-corrected chi connectivity index (χ3v) is 5.32. The van der Waals surface area contributed by atoms with Crippen molar-refractivity contribution in [3.8, 4) is 22.8 Å². The van der Waals surface area contributed by atoms with Crippen molar-refractivity contribution in [2.45, 2.75) is 18.6 Å². The molecule has 1 fully saturated rings. The van der Waals surface area contributed by atoms with Crippen molar-refractivity contribution >= 4 is 11.9 Å². The molecule has 0 bridgehead atoms. The highest BCUT2D eigenvalue weighted by molar-refractivity contribution is 5.96. The van der Waals surface area contributed by atoms with E-state index in [0.717, 1.165) is 5.56 Å². The number of nitrogens with zero attached hydrogens (tertiary/aromatic N) is 2. The fourth-order valence-corrected chi connectivity index (χ4v) is 3.77. The van der Waals surface area contributed by atoms with Crippen LogP contribution < -0.4 is 9.47 Å². The van der Waals surface area contributed by atoms with Crippen LogP contribution in [0.2, 0.25) is 0 Å². The van der Waals surface area contributed by atoms with Crippen molar-refractivity contribution in [2.75, 3.05) is 20.8 Å². The highest BCUT2D eigenvalue weighted by Gasteiger charge is 2.42. The fourth-order valence-electron chi connectivity index (χ4n) is 3.77. The molecule has 9 heteroatoms. The van der Waals surface area contributed by atoms with Crippen LogP contribution in [0.15, 0.2) is 54.6 Å². The maximum Gasteiger partial charge on any atom is 0.328 e. The molecule has 1 aliphatic rings. The third-order valence-electron chi connectivity index (χ3n) is 5.32. The van der Waals surface area contributed by atoms with Gasteiger partial charge in [0, 0.05) is 12.0 Å². The average molecular weight is 439 g/mol. The van der Waals surface area contributed by atoms with Crippen molar-refractivity contribution < 1.29 is 28.2 Å². The van der Waals surface area contributed by atoms with Gasteiger partial charge in [-0.25, -0.2) is 9.18 Å². The minimum Gasteiger partial charge on any atom is -0.496 e. The monoisotopic (exact) mass is 439 g/mol. The molecule has 32 heavy (non-hydrogen) atoms. The third kappa shape index (κ3) is 4.14. The van der Waals surface area contributed by atoms with Gasteiger partial charge >= 0.3 is 5.97 Å². The van der Waals surface area contributed by atoms with Crippen LogP contribution in [-0.2, 0) is 9.53 Å². The smallest absolute Gasteiger partial charge is 0.328 e. The minimum atomic E-state index is -0.859. The number of hydrogen-bond acceptors (Lipinski definition) is 6. The Bertz CT molecular complexity index is 1130. The number of carbonyl (C=O) groups is 2. The summed E-state index contributed by atoms with van der Waals surface area (Å²) in [6, 6.07) is 14.0. The molecular weight excluding hydrogens is 417 g/mol. The largest absolute Gasteiger partial charge is 0.496 e. The number of hydrogen-bond donors (Lipinski definition) is 1. The van der Waals surface area contributed by atoms with E-state index < -0.39 is 29.8 Å². The number of carbonyl (C=O) groups excluding carboxylic acids is 2. The number of amides is 1. The number of likely N-dealkylation sites (tertiary alicyclic amines) is 1. The molecule has 1 saturated heterocycles. The Balaban J connectivity index is 1.57. The molecule has 2 heterocycles. The number of para-hydroxylation sites is 2. The number of aromatic nitrogens is 2. The molecule has 166 valence electrons. The van der Waals surface area contributed by atoms with Crippen LogP contribution in [0.5, 0.6) is 11.5 Å². The molecule has 2 unspecified atom stereocenters. The maximum absolute atomic E-state index is 14.0. The van der Waals surface area contributed by atoms with Crippen LogP contribution in [0.3, 0.4) is 0 Å². The second-order valence-electron chi connectivity index (χ2n) is 7.27.